The number of hydrogen-bond donors (Lipinski definition) is 0. The molecule has 0 unspecified atom stereocenters. The SMILES string of the molecule is CN(C)c1nnc(SCC(=O)Cc2ccccc2F)s1. The van der Waals surface area contributed by atoms with Crippen molar-refractivity contribution in [3.63, 3.8) is 0 Å². The number of thioether (sulfide) groups is 1. The Bertz CT molecular complexity index is 601. The first kappa shape index (κ1) is 14.9. The second kappa shape index (κ2) is 6.81. The predicted octanol–water partition coefficient (Wildman–Crippen LogP) is 2.65. The minimum Gasteiger partial charge on any atom is -0.353 e. The topological polar surface area (TPSA) is 46.1 Å². The van der Waals surface area contributed by atoms with Gasteiger partial charge < -0.3 is 4.90 Å². The molecule has 20 heavy (non-hydrogen) atoms. The van der Waals surface area contributed by atoms with Crippen molar-refractivity contribution in [2.24, 2.45) is 0 Å². The Hall–Kier alpha value is -1.47. The first-order valence-electron chi connectivity index (χ1n) is 5.95. The van der Waals surface area contributed by atoms with E-state index in [-0.39, 0.29) is 23.8 Å². The highest BCUT2D eigenvalue weighted by molar-refractivity contribution is 8.01. The van der Waals surface area contributed by atoms with E-state index in [9.17, 15) is 9.18 Å². The van der Waals surface area contributed by atoms with Crippen LogP contribution in [-0.4, -0.2) is 35.8 Å². The second-order valence-corrected chi connectivity index (χ2v) is 6.52. The predicted molar refractivity (Wildman–Crippen MR) is 80.1 cm³/mol. The van der Waals surface area contributed by atoms with Crippen LogP contribution in [0.2, 0.25) is 0 Å². The van der Waals surface area contributed by atoms with Gasteiger partial charge in [-0.2, -0.15) is 0 Å². The van der Waals surface area contributed by atoms with Gasteiger partial charge in [0.25, 0.3) is 0 Å². The molecule has 0 aliphatic rings. The lowest BCUT2D eigenvalue weighted by Crippen LogP contribution is -2.07. The average molecular weight is 311 g/mol. The van der Waals surface area contributed by atoms with Crippen LogP contribution in [0.15, 0.2) is 28.6 Å². The van der Waals surface area contributed by atoms with Gasteiger partial charge in [0, 0.05) is 20.5 Å². The van der Waals surface area contributed by atoms with Gasteiger partial charge in [0.15, 0.2) is 4.34 Å². The van der Waals surface area contributed by atoms with E-state index in [0.29, 0.717) is 5.56 Å². The van der Waals surface area contributed by atoms with Crippen molar-refractivity contribution in [1.29, 1.82) is 0 Å². The Morgan fingerprint density at radius 2 is 2.10 bits per heavy atom. The molecule has 0 N–H and O–H groups in total. The summed E-state index contributed by atoms with van der Waals surface area (Å²) in [5, 5.41) is 8.79. The van der Waals surface area contributed by atoms with Gasteiger partial charge in [-0.3, -0.25) is 4.79 Å². The maximum Gasteiger partial charge on any atom is 0.208 e. The Balaban J connectivity index is 1.87. The fourth-order valence-corrected chi connectivity index (χ4v) is 3.11. The normalized spacial score (nSPS) is 10.6. The number of carbonyl (C=O) groups is 1. The summed E-state index contributed by atoms with van der Waals surface area (Å²) in [6.07, 6.45) is 0.110. The zero-order valence-corrected chi connectivity index (χ0v) is 12.8. The molecule has 0 amide bonds. The van der Waals surface area contributed by atoms with E-state index in [1.54, 1.807) is 18.2 Å². The van der Waals surface area contributed by atoms with Crippen molar-refractivity contribution in [2.45, 2.75) is 10.8 Å². The number of hydrogen-bond acceptors (Lipinski definition) is 6. The van der Waals surface area contributed by atoms with Gasteiger partial charge in [0.2, 0.25) is 5.13 Å². The molecule has 0 saturated heterocycles. The Kier molecular flexibility index (Phi) is 5.08. The van der Waals surface area contributed by atoms with Crippen LogP contribution in [-0.2, 0) is 11.2 Å². The Labute approximate surface area is 125 Å². The van der Waals surface area contributed by atoms with Gasteiger partial charge in [0.1, 0.15) is 11.6 Å². The molecular weight excluding hydrogens is 297 g/mol. The zero-order valence-electron chi connectivity index (χ0n) is 11.2. The van der Waals surface area contributed by atoms with Crippen LogP contribution in [0, 0.1) is 5.82 Å². The van der Waals surface area contributed by atoms with Crippen LogP contribution in [0.5, 0.6) is 0 Å². The lowest BCUT2D eigenvalue weighted by molar-refractivity contribution is -0.116. The summed E-state index contributed by atoms with van der Waals surface area (Å²) in [7, 11) is 3.77. The maximum atomic E-state index is 13.4. The van der Waals surface area contributed by atoms with Gasteiger partial charge in [0.05, 0.1) is 5.75 Å². The van der Waals surface area contributed by atoms with Gasteiger partial charge in [-0.1, -0.05) is 41.3 Å². The summed E-state index contributed by atoms with van der Waals surface area (Å²) in [5.41, 5.74) is 0.435. The number of anilines is 1. The van der Waals surface area contributed by atoms with Crippen LogP contribution in [0.4, 0.5) is 9.52 Å². The average Bonchev–Trinajstić information content (AvgIpc) is 2.88. The van der Waals surface area contributed by atoms with Crippen molar-refractivity contribution >= 4 is 34.0 Å². The third-order valence-electron chi connectivity index (χ3n) is 2.48. The smallest absolute Gasteiger partial charge is 0.208 e. The van der Waals surface area contributed by atoms with Crippen LogP contribution < -0.4 is 4.90 Å². The minimum absolute atomic E-state index is 0.0262. The third-order valence-corrected chi connectivity index (χ3v) is 4.76. The third kappa shape index (κ3) is 4.01. The van der Waals surface area contributed by atoms with Crippen molar-refractivity contribution in [3.8, 4) is 0 Å². The highest BCUT2D eigenvalue weighted by Gasteiger charge is 2.11. The molecule has 4 nitrogen and oxygen atoms in total. The quantitative estimate of drug-likeness (QED) is 0.768. The molecule has 1 aromatic heterocycles. The van der Waals surface area contributed by atoms with E-state index in [2.05, 4.69) is 10.2 Å². The van der Waals surface area contributed by atoms with E-state index in [1.807, 2.05) is 19.0 Å². The molecule has 0 aliphatic carbocycles. The summed E-state index contributed by atoms with van der Waals surface area (Å²) in [5.74, 6) is -0.0884. The molecule has 0 radical (unpaired) electrons. The van der Waals surface area contributed by atoms with Crippen LogP contribution >= 0.6 is 23.1 Å². The summed E-state index contributed by atoms with van der Waals surface area (Å²) in [6, 6.07) is 6.34. The molecule has 0 bridgehead atoms. The highest BCUT2D eigenvalue weighted by atomic mass is 32.2. The van der Waals surface area contributed by atoms with Crippen LogP contribution in [0.25, 0.3) is 0 Å². The monoisotopic (exact) mass is 311 g/mol. The number of carbonyl (C=O) groups excluding carboxylic acids is 1. The van der Waals surface area contributed by atoms with Crippen molar-refractivity contribution in [3.05, 3.63) is 35.6 Å². The molecule has 2 rings (SSSR count). The number of ketones is 1. The Morgan fingerprint density at radius 1 is 1.35 bits per heavy atom. The molecule has 0 spiro atoms. The van der Waals surface area contributed by atoms with E-state index in [4.69, 9.17) is 0 Å². The number of nitrogens with zero attached hydrogens (tertiary/aromatic N) is 3. The largest absolute Gasteiger partial charge is 0.353 e. The number of Topliss-reactive ketones (excluding diaryl/α,β-unsaturated/α-hetero) is 1. The summed E-state index contributed by atoms with van der Waals surface area (Å²) < 4.78 is 14.2. The highest BCUT2D eigenvalue weighted by Crippen LogP contribution is 2.26. The zero-order chi connectivity index (χ0) is 14.5. The standard InChI is InChI=1S/C13H14FN3OS2/c1-17(2)12-15-16-13(20-12)19-8-10(18)7-9-5-3-4-6-11(9)14/h3-6H,7-8H2,1-2H3. The fourth-order valence-electron chi connectivity index (χ4n) is 1.49. The minimum atomic E-state index is -0.336. The van der Waals surface area contributed by atoms with E-state index >= 15 is 0 Å². The second-order valence-electron chi connectivity index (χ2n) is 4.34. The Morgan fingerprint density at radius 3 is 2.75 bits per heavy atom. The molecule has 2 aromatic rings. The maximum absolute atomic E-state index is 13.4. The molecular formula is C13H14FN3OS2. The summed E-state index contributed by atoms with van der Waals surface area (Å²) in [4.78, 5) is 13.7. The molecule has 0 atom stereocenters. The van der Waals surface area contributed by atoms with E-state index < -0.39 is 0 Å². The van der Waals surface area contributed by atoms with Crippen LogP contribution in [0.3, 0.4) is 0 Å². The number of halogens is 1. The number of rotatable bonds is 6. The van der Waals surface area contributed by atoms with Gasteiger partial charge in [-0.25, -0.2) is 4.39 Å². The molecule has 0 aliphatic heterocycles. The van der Waals surface area contributed by atoms with Crippen LogP contribution in [0.1, 0.15) is 5.56 Å². The molecule has 1 aromatic carbocycles. The van der Waals surface area contributed by atoms with Crippen molar-refractivity contribution in [1.82, 2.24) is 10.2 Å². The van der Waals surface area contributed by atoms with Gasteiger partial charge in [-0.15, -0.1) is 10.2 Å². The van der Waals surface area contributed by atoms with E-state index in [0.717, 1.165) is 9.47 Å². The lowest BCUT2D eigenvalue weighted by atomic mass is 10.1. The molecule has 106 valence electrons. The fraction of sp³-hybridized carbons (Fsp3) is 0.308. The molecule has 7 heteroatoms. The summed E-state index contributed by atoms with van der Waals surface area (Å²) in [6.45, 7) is 0. The van der Waals surface area contributed by atoms with Crippen molar-refractivity contribution < 1.29 is 9.18 Å². The van der Waals surface area contributed by atoms with Gasteiger partial charge >= 0.3 is 0 Å². The molecule has 1 heterocycles. The molecule has 0 saturated carbocycles. The van der Waals surface area contributed by atoms with E-state index in [1.165, 1.54) is 29.2 Å². The first-order valence-corrected chi connectivity index (χ1v) is 7.75. The lowest BCUT2D eigenvalue weighted by Gasteiger charge is -2.03. The summed E-state index contributed by atoms with van der Waals surface area (Å²) >= 11 is 2.77. The first-order chi connectivity index (χ1) is 9.56. The number of aromatic nitrogens is 2. The van der Waals surface area contributed by atoms with Gasteiger partial charge in [-0.05, 0) is 11.6 Å². The number of benzene rings is 1. The van der Waals surface area contributed by atoms with Crippen molar-refractivity contribution in [2.75, 3.05) is 24.7 Å². The molecule has 0 fully saturated rings.